The topological polar surface area (TPSA) is 56.2 Å². The molecule has 0 unspecified atom stereocenters. The van der Waals surface area contributed by atoms with Gasteiger partial charge in [-0.15, -0.1) is 13.2 Å². The van der Waals surface area contributed by atoms with E-state index in [9.17, 15) is 18.0 Å². The summed E-state index contributed by atoms with van der Waals surface area (Å²) in [6.07, 6.45) is -3.24. The van der Waals surface area contributed by atoms with Crippen molar-refractivity contribution in [2.45, 2.75) is 26.8 Å². The van der Waals surface area contributed by atoms with Crippen LogP contribution in [0.2, 0.25) is 0 Å². The first kappa shape index (κ1) is 19.5. The van der Waals surface area contributed by atoms with Crippen LogP contribution < -0.4 is 10.1 Å². The van der Waals surface area contributed by atoms with Gasteiger partial charge in [0.15, 0.2) is 0 Å². The summed E-state index contributed by atoms with van der Waals surface area (Å²) in [7, 11) is 0. The Bertz CT molecular complexity index is 979. The van der Waals surface area contributed by atoms with E-state index in [-0.39, 0.29) is 18.2 Å². The van der Waals surface area contributed by atoms with Crippen LogP contribution in [-0.2, 0) is 6.54 Å². The summed E-state index contributed by atoms with van der Waals surface area (Å²) in [4.78, 5) is 12.5. The van der Waals surface area contributed by atoms with Gasteiger partial charge in [-0.1, -0.05) is 24.3 Å². The zero-order valence-corrected chi connectivity index (χ0v) is 15.2. The number of amides is 1. The van der Waals surface area contributed by atoms with Gasteiger partial charge in [0.25, 0.3) is 5.91 Å². The van der Waals surface area contributed by atoms with Gasteiger partial charge < -0.3 is 10.1 Å². The first-order chi connectivity index (χ1) is 13.2. The Balaban J connectivity index is 1.66. The monoisotopic (exact) mass is 389 g/mol. The number of nitrogens with zero attached hydrogens (tertiary/aromatic N) is 2. The number of nitrogens with one attached hydrogen (secondary N) is 1. The van der Waals surface area contributed by atoms with Crippen LogP contribution in [0, 0.1) is 13.8 Å². The van der Waals surface area contributed by atoms with Crippen molar-refractivity contribution in [2.24, 2.45) is 0 Å². The fraction of sp³-hybridized carbons (Fsp3) is 0.200. The molecule has 0 saturated heterocycles. The van der Waals surface area contributed by atoms with Gasteiger partial charge in [0, 0.05) is 6.54 Å². The molecule has 3 aromatic rings. The average Bonchev–Trinajstić information content (AvgIpc) is 3.01. The molecule has 3 rings (SSSR count). The molecule has 1 amide bonds. The minimum atomic E-state index is -4.73. The zero-order valence-electron chi connectivity index (χ0n) is 15.2. The number of carbonyl (C=O) groups is 1. The van der Waals surface area contributed by atoms with Gasteiger partial charge >= 0.3 is 6.36 Å². The third-order valence-electron chi connectivity index (χ3n) is 4.11. The molecule has 0 aliphatic rings. The molecule has 0 radical (unpaired) electrons. The number of hydrogen-bond donors (Lipinski definition) is 1. The Morgan fingerprint density at radius 1 is 1.14 bits per heavy atom. The lowest BCUT2D eigenvalue weighted by atomic mass is 10.2. The fourth-order valence-corrected chi connectivity index (χ4v) is 2.74. The van der Waals surface area contributed by atoms with E-state index in [1.165, 1.54) is 30.5 Å². The van der Waals surface area contributed by atoms with Crippen molar-refractivity contribution in [3.8, 4) is 11.4 Å². The second-order valence-electron chi connectivity index (χ2n) is 6.27. The van der Waals surface area contributed by atoms with E-state index in [2.05, 4.69) is 15.2 Å². The molecule has 0 bridgehead atoms. The van der Waals surface area contributed by atoms with E-state index in [4.69, 9.17) is 0 Å². The molecule has 2 aromatic carbocycles. The zero-order chi connectivity index (χ0) is 20.3. The molecular weight excluding hydrogens is 371 g/mol. The molecule has 0 fully saturated rings. The molecule has 0 spiro atoms. The van der Waals surface area contributed by atoms with Crippen molar-refractivity contribution in [1.82, 2.24) is 15.1 Å². The lowest BCUT2D eigenvalue weighted by Gasteiger charge is -2.10. The minimum absolute atomic E-state index is 0.167. The van der Waals surface area contributed by atoms with Gasteiger partial charge in [0.05, 0.1) is 23.1 Å². The van der Waals surface area contributed by atoms with Gasteiger partial charge in [-0.25, -0.2) is 4.68 Å². The normalized spacial score (nSPS) is 11.3. The smallest absolute Gasteiger partial charge is 0.406 e. The molecule has 8 heteroatoms. The average molecular weight is 389 g/mol. The van der Waals surface area contributed by atoms with Crippen molar-refractivity contribution in [2.75, 3.05) is 0 Å². The van der Waals surface area contributed by atoms with Crippen LogP contribution in [-0.4, -0.2) is 22.1 Å². The van der Waals surface area contributed by atoms with Crippen LogP contribution in [0.4, 0.5) is 13.2 Å². The lowest BCUT2D eigenvalue weighted by molar-refractivity contribution is -0.274. The number of halogens is 3. The van der Waals surface area contributed by atoms with Gasteiger partial charge in [-0.3, -0.25) is 4.79 Å². The molecule has 1 heterocycles. The molecule has 0 aliphatic heterocycles. The number of hydrogen-bond acceptors (Lipinski definition) is 3. The first-order valence-corrected chi connectivity index (χ1v) is 8.47. The maximum absolute atomic E-state index is 12.5. The number of carbonyl (C=O) groups excluding carboxylic acids is 1. The first-order valence-electron chi connectivity index (χ1n) is 8.47. The molecule has 28 heavy (non-hydrogen) atoms. The Kier molecular flexibility index (Phi) is 5.39. The number of aromatic nitrogens is 2. The minimum Gasteiger partial charge on any atom is -0.406 e. The van der Waals surface area contributed by atoms with Gasteiger partial charge in [0.1, 0.15) is 5.75 Å². The third kappa shape index (κ3) is 4.70. The highest BCUT2D eigenvalue weighted by Crippen LogP contribution is 2.22. The van der Waals surface area contributed by atoms with Gasteiger partial charge in [-0.05, 0) is 49.2 Å². The van der Waals surface area contributed by atoms with Crippen LogP contribution >= 0.6 is 0 Å². The van der Waals surface area contributed by atoms with Crippen molar-refractivity contribution in [3.63, 3.8) is 0 Å². The summed E-state index contributed by atoms with van der Waals surface area (Å²) in [5, 5.41) is 7.03. The Hall–Kier alpha value is -3.29. The lowest BCUT2D eigenvalue weighted by Crippen LogP contribution is -2.23. The summed E-state index contributed by atoms with van der Waals surface area (Å²) in [6, 6.07) is 13.1. The largest absolute Gasteiger partial charge is 0.573 e. The molecule has 0 aliphatic carbocycles. The second-order valence-corrected chi connectivity index (χ2v) is 6.27. The molecule has 0 atom stereocenters. The molecule has 1 N–H and O–H groups in total. The number of alkyl halides is 3. The van der Waals surface area contributed by atoms with E-state index in [0.29, 0.717) is 16.8 Å². The quantitative estimate of drug-likeness (QED) is 0.707. The van der Waals surface area contributed by atoms with E-state index in [1.807, 2.05) is 31.2 Å². The summed E-state index contributed by atoms with van der Waals surface area (Å²) >= 11 is 0. The van der Waals surface area contributed by atoms with E-state index in [1.54, 1.807) is 11.6 Å². The van der Waals surface area contributed by atoms with Crippen LogP contribution in [0.15, 0.2) is 54.7 Å². The van der Waals surface area contributed by atoms with Crippen molar-refractivity contribution < 1.29 is 22.7 Å². The maximum atomic E-state index is 12.5. The highest BCUT2D eigenvalue weighted by Gasteiger charge is 2.30. The fourth-order valence-electron chi connectivity index (χ4n) is 2.74. The van der Waals surface area contributed by atoms with Crippen LogP contribution in [0.5, 0.6) is 5.75 Å². The van der Waals surface area contributed by atoms with Crippen LogP contribution in [0.25, 0.3) is 5.69 Å². The molecule has 1 aromatic heterocycles. The van der Waals surface area contributed by atoms with Crippen molar-refractivity contribution in [1.29, 1.82) is 0 Å². The number of ether oxygens (including phenoxy) is 1. The SMILES string of the molecule is Cc1cccc(-n2ncc(C(=O)NCc3ccc(OC(F)(F)F)cc3)c2C)c1. The molecule has 146 valence electrons. The standard InChI is InChI=1S/C20H18F3N3O2/c1-13-4-3-5-16(10-13)26-14(2)18(12-25-26)19(27)24-11-15-6-8-17(9-7-15)28-20(21,22)23/h3-10,12H,11H2,1-2H3,(H,24,27). The van der Waals surface area contributed by atoms with Crippen molar-refractivity contribution >= 4 is 5.91 Å². The predicted molar refractivity (Wildman–Crippen MR) is 97.3 cm³/mol. The highest BCUT2D eigenvalue weighted by molar-refractivity contribution is 5.95. The second kappa shape index (κ2) is 7.75. The maximum Gasteiger partial charge on any atom is 0.573 e. The van der Waals surface area contributed by atoms with E-state index >= 15 is 0 Å². The summed E-state index contributed by atoms with van der Waals surface area (Å²) in [6.45, 7) is 3.94. The predicted octanol–water partition coefficient (Wildman–Crippen LogP) is 4.32. The Morgan fingerprint density at radius 2 is 1.86 bits per heavy atom. The Labute approximate surface area is 159 Å². The summed E-state index contributed by atoms with van der Waals surface area (Å²) in [5.41, 5.74) is 3.70. The number of rotatable bonds is 5. The summed E-state index contributed by atoms with van der Waals surface area (Å²) in [5.74, 6) is -0.620. The number of aryl methyl sites for hydroxylation is 1. The van der Waals surface area contributed by atoms with Crippen molar-refractivity contribution in [3.05, 3.63) is 77.1 Å². The van der Waals surface area contributed by atoms with Gasteiger partial charge in [0.2, 0.25) is 0 Å². The van der Waals surface area contributed by atoms with Crippen LogP contribution in [0.1, 0.15) is 27.2 Å². The van der Waals surface area contributed by atoms with Crippen LogP contribution in [0.3, 0.4) is 0 Å². The number of benzene rings is 2. The summed E-state index contributed by atoms with van der Waals surface area (Å²) < 4.78 is 42.1. The molecular formula is C20H18F3N3O2. The Morgan fingerprint density at radius 3 is 2.50 bits per heavy atom. The van der Waals surface area contributed by atoms with E-state index < -0.39 is 6.36 Å². The third-order valence-corrected chi connectivity index (χ3v) is 4.11. The molecule has 5 nitrogen and oxygen atoms in total. The van der Waals surface area contributed by atoms with Gasteiger partial charge in [-0.2, -0.15) is 5.10 Å². The van der Waals surface area contributed by atoms with E-state index in [0.717, 1.165) is 11.3 Å². The molecule has 0 saturated carbocycles. The highest BCUT2D eigenvalue weighted by atomic mass is 19.4.